The van der Waals surface area contributed by atoms with Gasteiger partial charge in [-0.2, -0.15) is 4.31 Å². The predicted molar refractivity (Wildman–Crippen MR) is 87.4 cm³/mol. The molecule has 1 atom stereocenters. The van der Waals surface area contributed by atoms with Crippen molar-refractivity contribution in [2.45, 2.75) is 38.9 Å². The van der Waals surface area contributed by atoms with Crippen molar-refractivity contribution in [2.75, 3.05) is 19.3 Å². The Morgan fingerprint density at radius 3 is 2.62 bits per heavy atom. The van der Waals surface area contributed by atoms with Crippen LogP contribution in [0.15, 0.2) is 22.8 Å². The summed E-state index contributed by atoms with van der Waals surface area (Å²) in [5.74, 6) is -0.310. The monoisotopic (exact) mass is 357 g/mol. The molecule has 0 radical (unpaired) electrons. The number of rotatable bonds is 5. The summed E-state index contributed by atoms with van der Waals surface area (Å²) in [7, 11) is -3.59. The quantitative estimate of drug-likeness (QED) is 0.809. The molecule has 0 aliphatic carbocycles. The molecule has 1 saturated heterocycles. The average Bonchev–Trinajstić information content (AvgIpc) is 2.94. The second-order valence-corrected chi connectivity index (χ2v) is 8.47. The Kier molecular flexibility index (Phi) is 5.05. The van der Waals surface area contributed by atoms with E-state index in [1.165, 1.54) is 11.2 Å². The largest absolute Gasteiger partial charge is 0.467 e. The molecular weight excluding hydrogens is 334 g/mol. The molecule has 0 spiro atoms. The van der Waals surface area contributed by atoms with Gasteiger partial charge in [0.2, 0.25) is 21.8 Å². The zero-order valence-electron chi connectivity index (χ0n) is 14.3. The fourth-order valence-corrected chi connectivity index (χ4v) is 3.49. The lowest BCUT2D eigenvalue weighted by Crippen LogP contribution is -2.69. The maximum absolute atomic E-state index is 12.7. The van der Waals surface area contributed by atoms with Gasteiger partial charge in [0.05, 0.1) is 25.6 Å². The number of nitrogens with one attached hydrogen (secondary N) is 1. The summed E-state index contributed by atoms with van der Waals surface area (Å²) in [6, 6.07) is 3.26. The fraction of sp³-hybridized carbons (Fsp3) is 0.600. The zero-order valence-corrected chi connectivity index (χ0v) is 15.1. The number of amides is 2. The molecule has 2 amide bonds. The van der Waals surface area contributed by atoms with Crippen LogP contribution in [0.5, 0.6) is 0 Å². The first-order valence-electron chi connectivity index (χ1n) is 7.63. The SMILES string of the molecule is CC(C)NC(=O)C1(C)CN(S(C)(=O)=O)CC(=O)N1Cc1ccco1. The summed E-state index contributed by atoms with van der Waals surface area (Å²) in [5, 5.41) is 2.77. The molecule has 1 N–H and O–H groups in total. The summed E-state index contributed by atoms with van der Waals surface area (Å²) < 4.78 is 30.1. The number of piperazine rings is 1. The van der Waals surface area contributed by atoms with E-state index in [4.69, 9.17) is 4.42 Å². The first kappa shape index (κ1) is 18.5. The highest BCUT2D eigenvalue weighted by atomic mass is 32.2. The van der Waals surface area contributed by atoms with Crippen molar-refractivity contribution in [1.29, 1.82) is 0 Å². The van der Waals surface area contributed by atoms with Gasteiger partial charge in [0, 0.05) is 12.6 Å². The van der Waals surface area contributed by atoms with E-state index in [1.807, 2.05) is 0 Å². The van der Waals surface area contributed by atoms with Crippen LogP contribution in [0.1, 0.15) is 26.5 Å². The van der Waals surface area contributed by atoms with E-state index in [1.54, 1.807) is 32.9 Å². The molecule has 0 aromatic carbocycles. The number of carbonyl (C=O) groups is 2. The molecule has 8 nitrogen and oxygen atoms in total. The molecule has 0 saturated carbocycles. The van der Waals surface area contributed by atoms with E-state index in [9.17, 15) is 18.0 Å². The van der Waals surface area contributed by atoms with Crippen molar-refractivity contribution < 1.29 is 22.4 Å². The van der Waals surface area contributed by atoms with Crippen molar-refractivity contribution in [3.63, 3.8) is 0 Å². The molecule has 1 aromatic rings. The molecule has 2 rings (SSSR count). The van der Waals surface area contributed by atoms with Crippen LogP contribution in [0, 0.1) is 0 Å². The molecule has 24 heavy (non-hydrogen) atoms. The summed E-state index contributed by atoms with van der Waals surface area (Å²) in [4.78, 5) is 26.7. The Bertz CT molecular complexity index is 713. The molecule has 1 fully saturated rings. The van der Waals surface area contributed by atoms with Crippen LogP contribution >= 0.6 is 0 Å². The third-order valence-electron chi connectivity index (χ3n) is 3.96. The molecule has 1 aliphatic rings. The van der Waals surface area contributed by atoms with E-state index >= 15 is 0 Å². The topological polar surface area (TPSA) is 99.9 Å². The third-order valence-corrected chi connectivity index (χ3v) is 5.16. The van der Waals surface area contributed by atoms with Crippen LogP contribution < -0.4 is 5.32 Å². The summed E-state index contributed by atoms with van der Waals surface area (Å²) >= 11 is 0. The standard InChI is InChI=1S/C15H23N3O5S/c1-11(2)16-14(20)15(3)10-17(24(4,21)22)9-13(19)18(15)8-12-6-5-7-23-12/h5-7,11H,8-10H2,1-4H3,(H,16,20). The molecule has 1 aliphatic heterocycles. The van der Waals surface area contributed by atoms with E-state index < -0.39 is 27.4 Å². The van der Waals surface area contributed by atoms with Gasteiger partial charge in [-0.25, -0.2) is 8.42 Å². The second kappa shape index (κ2) is 6.56. The second-order valence-electron chi connectivity index (χ2n) is 6.49. The minimum absolute atomic E-state index is 0.100. The van der Waals surface area contributed by atoms with Gasteiger partial charge in [-0.1, -0.05) is 0 Å². The van der Waals surface area contributed by atoms with Crippen molar-refractivity contribution >= 4 is 21.8 Å². The van der Waals surface area contributed by atoms with Crippen LogP contribution in [0.4, 0.5) is 0 Å². The van der Waals surface area contributed by atoms with Crippen molar-refractivity contribution in [1.82, 2.24) is 14.5 Å². The molecular formula is C15H23N3O5S. The maximum atomic E-state index is 12.7. The number of sulfonamides is 1. The summed E-state index contributed by atoms with van der Waals surface area (Å²) in [5.41, 5.74) is -1.32. The molecule has 1 unspecified atom stereocenters. The lowest BCUT2D eigenvalue weighted by atomic mass is 9.95. The number of furan rings is 1. The van der Waals surface area contributed by atoms with Crippen molar-refractivity contribution in [2.24, 2.45) is 0 Å². The normalized spacial score (nSPS) is 22.9. The van der Waals surface area contributed by atoms with Crippen molar-refractivity contribution in [3.8, 4) is 0 Å². The Hall–Kier alpha value is -1.87. The molecule has 1 aromatic heterocycles. The molecule has 134 valence electrons. The predicted octanol–water partition coefficient (Wildman–Crippen LogP) is 0.167. The zero-order chi connectivity index (χ0) is 18.1. The number of hydrogen-bond donors (Lipinski definition) is 1. The van der Waals surface area contributed by atoms with Gasteiger partial charge < -0.3 is 14.6 Å². The smallest absolute Gasteiger partial charge is 0.247 e. The maximum Gasteiger partial charge on any atom is 0.247 e. The average molecular weight is 357 g/mol. The van der Waals surface area contributed by atoms with Crippen LogP contribution in [-0.2, 0) is 26.2 Å². The third kappa shape index (κ3) is 3.78. The minimum atomic E-state index is -3.59. The molecule has 0 bridgehead atoms. The Morgan fingerprint density at radius 1 is 1.46 bits per heavy atom. The fourth-order valence-electron chi connectivity index (χ4n) is 2.66. The summed E-state index contributed by atoms with van der Waals surface area (Å²) in [6.45, 7) is 4.89. The lowest BCUT2D eigenvalue weighted by molar-refractivity contribution is -0.154. The van der Waals surface area contributed by atoms with Gasteiger partial charge in [0.15, 0.2) is 0 Å². The summed E-state index contributed by atoms with van der Waals surface area (Å²) in [6.07, 6.45) is 2.52. The Morgan fingerprint density at radius 2 is 2.12 bits per heavy atom. The van der Waals surface area contributed by atoms with Gasteiger partial charge in [0.25, 0.3) is 0 Å². The van der Waals surface area contributed by atoms with E-state index in [0.717, 1.165) is 10.6 Å². The minimum Gasteiger partial charge on any atom is -0.467 e. The highest BCUT2D eigenvalue weighted by Crippen LogP contribution is 2.27. The first-order chi connectivity index (χ1) is 11.0. The van der Waals surface area contributed by atoms with Crippen LogP contribution in [0.3, 0.4) is 0 Å². The molecule has 9 heteroatoms. The Labute approximate surface area is 141 Å². The van der Waals surface area contributed by atoms with Gasteiger partial charge >= 0.3 is 0 Å². The van der Waals surface area contributed by atoms with Gasteiger partial charge in [-0.15, -0.1) is 0 Å². The lowest BCUT2D eigenvalue weighted by Gasteiger charge is -2.46. The van der Waals surface area contributed by atoms with Gasteiger partial charge in [-0.3, -0.25) is 9.59 Å². The number of hydrogen-bond acceptors (Lipinski definition) is 5. The highest BCUT2D eigenvalue weighted by Gasteiger charge is 2.49. The number of carbonyl (C=O) groups excluding carboxylic acids is 2. The van der Waals surface area contributed by atoms with Crippen molar-refractivity contribution in [3.05, 3.63) is 24.2 Å². The molecule has 2 heterocycles. The van der Waals surface area contributed by atoms with E-state index in [-0.39, 0.29) is 25.7 Å². The highest BCUT2D eigenvalue weighted by molar-refractivity contribution is 7.88. The first-order valence-corrected chi connectivity index (χ1v) is 9.48. The Balaban J connectivity index is 2.38. The van der Waals surface area contributed by atoms with Gasteiger partial charge in [0.1, 0.15) is 11.3 Å². The van der Waals surface area contributed by atoms with E-state index in [2.05, 4.69) is 5.32 Å². The van der Waals surface area contributed by atoms with Crippen LogP contribution in [0.25, 0.3) is 0 Å². The van der Waals surface area contributed by atoms with Crippen LogP contribution in [-0.4, -0.2) is 60.4 Å². The number of nitrogens with zero attached hydrogens (tertiary/aromatic N) is 2. The van der Waals surface area contributed by atoms with Gasteiger partial charge in [-0.05, 0) is 32.9 Å². The van der Waals surface area contributed by atoms with E-state index in [0.29, 0.717) is 5.76 Å². The van der Waals surface area contributed by atoms with Crippen LogP contribution in [0.2, 0.25) is 0 Å².